The van der Waals surface area contributed by atoms with Crippen LogP contribution in [0.5, 0.6) is 0 Å². The third-order valence-electron chi connectivity index (χ3n) is 8.99. The number of allylic oxidation sites excluding steroid dienone is 4. The SMILES string of the molecule is CC(=O)OCC(=O)[C@@]1(OC(C)=O)C(C)CC2C3C[C@H](F)C4=CC(=O)CCC4(C)C3=CCC21C. The van der Waals surface area contributed by atoms with Gasteiger partial charge in [0.05, 0.1) is 0 Å². The standard InChI is InChI=1S/C26H33FO6/c1-14-10-20-18-12-22(27)21-11-17(30)6-8-24(21,4)19(18)7-9-25(20,5)26(14,33-16(3)29)23(31)13-32-15(2)28/h7,11,14,18,20,22H,6,8-10,12-13H2,1-5H3/t14?,18?,20?,22-,24?,25?,26-/m0/s1. The summed E-state index contributed by atoms with van der Waals surface area (Å²) in [6, 6.07) is 0. The Balaban J connectivity index is 1.80. The van der Waals surface area contributed by atoms with Crippen LogP contribution < -0.4 is 0 Å². The molecule has 7 atom stereocenters. The largest absolute Gasteiger partial charge is 0.458 e. The van der Waals surface area contributed by atoms with Gasteiger partial charge in [-0.25, -0.2) is 4.39 Å². The maximum absolute atomic E-state index is 15.5. The van der Waals surface area contributed by atoms with E-state index in [0.29, 0.717) is 31.3 Å². The highest BCUT2D eigenvalue weighted by Crippen LogP contribution is 2.68. The van der Waals surface area contributed by atoms with Crippen LogP contribution in [0.2, 0.25) is 0 Å². The second kappa shape index (κ2) is 7.88. The van der Waals surface area contributed by atoms with Crippen LogP contribution in [0, 0.1) is 28.6 Å². The molecule has 0 radical (unpaired) electrons. The molecule has 2 saturated carbocycles. The van der Waals surface area contributed by atoms with Crippen molar-refractivity contribution in [1.82, 2.24) is 0 Å². The average Bonchev–Trinajstić information content (AvgIpc) is 2.95. The summed E-state index contributed by atoms with van der Waals surface area (Å²) in [5.74, 6) is -2.11. The predicted octanol–water partition coefficient (Wildman–Crippen LogP) is 4.07. The molecule has 4 aliphatic carbocycles. The van der Waals surface area contributed by atoms with Crippen LogP contribution in [0.1, 0.15) is 66.7 Å². The van der Waals surface area contributed by atoms with Gasteiger partial charge in [-0.3, -0.25) is 19.2 Å². The normalized spacial score (nSPS) is 41.7. The molecule has 0 aromatic heterocycles. The van der Waals surface area contributed by atoms with E-state index in [9.17, 15) is 19.2 Å². The highest BCUT2D eigenvalue weighted by molar-refractivity contribution is 5.94. The minimum atomic E-state index is -1.45. The zero-order chi connectivity index (χ0) is 24.3. The minimum absolute atomic E-state index is 0.0238. The summed E-state index contributed by atoms with van der Waals surface area (Å²) in [4.78, 5) is 49.2. The number of halogens is 1. The average molecular weight is 461 g/mol. The highest BCUT2D eigenvalue weighted by Gasteiger charge is 2.70. The Kier molecular flexibility index (Phi) is 5.69. The van der Waals surface area contributed by atoms with Crippen molar-refractivity contribution in [3.63, 3.8) is 0 Å². The lowest BCUT2D eigenvalue weighted by atomic mass is 9.50. The van der Waals surface area contributed by atoms with Gasteiger partial charge >= 0.3 is 11.9 Å². The van der Waals surface area contributed by atoms with E-state index < -0.39 is 46.9 Å². The van der Waals surface area contributed by atoms with Crippen molar-refractivity contribution in [3.05, 3.63) is 23.3 Å². The smallest absolute Gasteiger partial charge is 0.303 e. The number of esters is 2. The van der Waals surface area contributed by atoms with Gasteiger partial charge in [0.25, 0.3) is 0 Å². The van der Waals surface area contributed by atoms with Gasteiger partial charge < -0.3 is 9.47 Å². The van der Waals surface area contributed by atoms with Crippen LogP contribution in [0.3, 0.4) is 0 Å². The molecule has 7 heteroatoms. The quantitative estimate of drug-likeness (QED) is 0.464. The van der Waals surface area contributed by atoms with Gasteiger partial charge in [-0.1, -0.05) is 32.4 Å². The van der Waals surface area contributed by atoms with Gasteiger partial charge in [0.2, 0.25) is 5.78 Å². The van der Waals surface area contributed by atoms with Crippen molar-refractivity contribution in [1.29, 1.82) is 0 Å². The fourth-order valence-electron chi connectivity index (χ4n) is 7.56. The van der Waals surface area contributed by atoms with Gasteiger partial charge in [0.1, 0.15) is 6.17 Å². The van der Waals surface area contributed by atoms with E-state index in [1.807, 2.05) is 20.8 Å². The Morgan fingerprint density at radius 3 is 2.45 bits per heavy atom. The van der Waals surface area contributed by atoms with Crippen molar-refractivity contribution in [2.45, 2.75) is 78.5 Å². The summed E-state index contributed by atoms with van der Waals surface area (Å²) >= 11 is 0. The van der Waals surface area contributed by atoms with Crippen LogP contribution >= 0.6 is 0 Å². The van der Waals surface area contributed by atoms with Crippen LogP contribution in [-0.2, 0) is 28.7 Å². The second-order valence-corrected chi connectivity index (χ2v) is 10.8. The number of Topliss-reactive ketones (excluding diaryl/α,β-unsaturated/α-hetero) is 1. The molecule has 0 spiro atoms. The number of carbonyl (C=O) groups is 4. The molecule has 0 aliphatic heterocycles. The summed E-state index contributed by atoms with van der Waals surface area (Å²) in [5, 5.41) is 0. The van der Waals surface area contributed by atoms with E-state index in [4.69, 9.17) is 9.47 Å². The molecule has 2 fully saturated rings. The molecular weight excluding hydrogens is 427 g/mol. The third-order valence-corrected chi connectivity index (χ3v) is 8.99. The minimum Gasteiger partial charge on any atom is -0.458 e. The topological polar surface area (TPSA) is 86.7 Å². The first kappa shape index (κ1) is 23.8. The van der Waals surface area contributed by atoms with Crippen molar-refractivity contribution in [3.8, 4) is 0 Å². The molecule has 0 saturated heterocycles. The number of rotatable bonds is 4. The van der Waals surface area contributed by atoms with Crippen molar-refractivity contribution >= 4 is 23.5 Å². The van der Waals surface area contributed by atoms with E-state index >= 15 is 4.39 Å². The predicted molar refractivity (Wildman–Crippen MR) is 118 cm³/mol. The fraction of sp³-hybridized carbons (Fsp3) is 0.692. The first-order chi connectivity index (χ1) is 15.4. The number of hydrogen-bond acceptors (Lipinski definition) is 6. The Labute approximate surface area is 193 Å². The molecule has 180 valence electrons. The van der Waals surface area contributed by atoms with E-state index in [-0.39, 0.29) is 30.0 Å². The molecule has 0 amide bonds. The lowest BCUT2D eigenvalue weighted by Crippen LogP contribution is -2.60. The van der Waals surface area contributed by atoms with Gasteiger partial charge in [-0.05, 0) is 49.2 Å². The van der Waals surface area contributed by atoms with Crippen LogP contribution in [0.15, 0.2) is 23.3 Å². The van der Waals surface area contributed by atoms with E-state index in [1.54, 1.807) is 0 Å². The Morgan fingerprint density at radius 1 is 1.12 bits per heavy atom. The maximum atomic E-state index is 15.5. The van der Waals surface area contributed by atoms with Crippen LogP contribution in [-0.4, -0.2) is 41.9 Å². The highest BCUT2D eigenvalue weighted by atomic mass is 19.1. The van der Waals surface area contributed by atoms with Crippen molar-refractivity contribution in [2.75, 3.05) is 6.61 Å². The summed E-state index contributed by atoms with van der Waals surface area (Å²) < 4.78 is 26.4. The van der Waals surface area contributed by atoms with Crippen molar-refractivity contribution in [2.24, 2.45) is 28.6 Å². The Hall–Kier alpha value is -2.31. The first-order valence-corrected chi connectivity index (χ1v) is 11.8. The Morgan fingerprint density at radius 2 is 1.82 bits per heavy atom. The molecule has 4 aliphatic rings. The number of fused-ring (bicyclic) bond motifs is 5. The number of alkyl halides is 1. The zero-order valence-corrected chi connectivity index (χ0v) is 20.0. The monoisotopic (exact) mass is 460 g/mol. The lowest BCUT2D eigenvalue weighted by Gasteiger charge is -2.55. The van der Waals surface area contributed by atoms with Crippen molar-refractivity contribution < 1.29 is 33.0 Å². The molecule has 0 N–H and O–H groups in total. The summed E-state index contributed by atoms with van der Waals surface area (Å²) in [6.45, 7) is 7.92. The maximum Gasteiger partial charge on any atom is 0.303 e. The summed E-state index contributed by atoms with van der Waals surface area (Å²) in [7, 11) is 0. The molecule has 0 bridgehead atoms. The van der Waals surface area contributed by atoms with Crippen LogP contribution in [0.25, 0.3) is 0 Å². The molecular formula is C26H33FO6. The van der Waals surface area contributed by atoms with E-state index in [2.05, 4.69) is 6.08 Å². The molecule has 5 unspecified atom stereocenters. The van der Waals surface area contributed by atoms with Gasteiger partial charge in [-0.2, -0.15) is 0 Å². The van der Waals surface area contributed by atoms with Gasteiger partial charge in [-0.15, -0.1) is 0 Å². The molecule has 6 nitrogen and oxygen atoms in total. The first-order valence-electron chi connectivity index (χ1n) is 11.8. The van der Waals surface area contributed by atoms with Gasteiger partial charge in [0.15, 0.2) is 18.0 Å². The number of hydrogen-bond donors (Lipinski definition) is 0. The number of ether oxygens (including phenoxy) is 2. The molecule has 33 heavy (non-hydrogen) atoms. The molecule has 0 aromatic carbocycles. The van der Waals surface area contributed by atoms with Gasteiger partial charge in [0, 0.05) is 37.0 Å². The molecule has 0 heterocycles. The molecule has 0 aromatic rings. The lowest BCUT2D eigenvalue weighted by molar-refractivity contribution is -0.190. The summed E-state index contributed by atoms with van der Waals surface area (Å²) in [6.07, 6.45) is 4.70. The fourth-order valence-corrected chi connectivity index (χ4v) is 7.56. The van der Waals surface area contributed by atoms with E-state index in [0.717, 1.165) is 5.57 Å². The third kappa shape index (κ3) is 3.33. The van der Waals surface area contributed by atoms with Crippen LogP contribution in [0.4, 0.5) is 4.39 Å². The zero-order valence-electron chi connectivity index (χ0n) is 20.0. The second-order valence-electron chi connectivity index (χ2n) is 10.8. The number of ketones is 2. The Bertz CT molecular complexity index is 981. The number of carbonyl (C=O) groups excluding carboxylic acids is 4. The molecule has 4 rings (SSSR count). The summed E-state index contributed by atoms with van der Waals surface area (Å²) in [5.41, 5.74) is -0.990. The van der Waals surface area contributed by atoms with E-state index in [1.165, 1.54) is 19.9 Å².